The molecular weight excluding hydrogens is 377 g/mol. The number of primary amides is 1. The number of aliphatic carboxylic acids is 1. The number of halogens is 1. The molecule has 7 nitrogen and oxygen atoms in total. The van der Waals surface area contributed by atoms with Crippen molar-refractivity contribution < 1.29 is 19.5 Å². The first-order chi connectivity index (χ1) is 9.36. The molecule has 0 aliphatic heterocycles. The highest BCUT2D eigenvalue weighted by molar-refractivity contribution is 14.1. The van der Waals surface area contributed by atoms with Gasteiger partial charge < -0.3 is 16.2 Å². The molecule has 0 fully saturated rings. The first kappa shape index (κ1) is 16.4. The number of carbonyl (C=O) groups is 3. The third kappa shape index (κ3) is 6.48. The van der Waals surface area contributed by atoms with E-state index in [-0.39, 0.29) is 13.1 Å². The van der Waals surface area contributed by atoms with Gasteiger partial charge in [0.1, 0.15) is 0 Å². The van der Waals surface area contributed by atoms with E-state index in [2.05, 4.69) is 27.9 Å². The van der Waals surface area contributed by atoms with Crippen LogP contribution in [0.4, 0.5) is 5.69 Å². The lowest BCUT2D eigenvalue weighted by Crippen LogP contribution is -2.41. The van der Waals surface area contributed by atoms with Gasteiger partial charge in [-0.15, -0.1) is 0 Å². The second kappa shape index (κ2) is 7.80. The van der Waals surface area contributed by atoms with Crippen molar-refractivity contribution >= 4 is 46.1 Å². The standard InChI is InChI=1S/C12H14IN3O4/c13-8-2-1-3-9(4-8)15-11(18)6-16(5-10(14)17)7-12(19)20/h1-4H,5-7H2,(H2,14,17)(H,15,18)(H,19,20). The normalized spacial score (nSPS) is 10.3. The number of carboxylic acids is 1. The van der Waals surface area contributed by atoms with Crippen LogP contribution < -0.4 is 11.1 Å². The molecule has 1 aromatic carbocycles. The van der Waals surface area contributed by atoms with E-state index in [4.69, 9.17) is 10.8 Å². The monoisotopic (exact) mass is 391 g/mol. The fourth-order valence-corrected chi connectivity index (χ4v) is 2.09. The van der Waals surface area contributed by atoms with E-state index >= 15 is 0 Å². The molecule has 0 atom stereocenters. The molecule has 0 saturated carbocycles. The highest BCUT2D eigenvalue weighted by atomic mass is 127. The van der Waals surface area contributed by atoms with Crippen LogP contribution in [-0.4, -0.2) is 47.4 Å². The Kier molecular flexibility index (Phi) is 6.39. The van der Waals surface area contributed by atoms with Crippen LogP contribution in [0.2, 0.25) is 0 Å². The smallest absolute Gasteiger partial charge is 0.317 e. The molecule has 0 saturated heterocycles. The third-order valence-electron chi connectivity index (χ3n) is 2.21. The van der Waals surface area contributed by atoms with Crippen LogP contribution >= 0.6 is 22.6 Å². The maximum absolute atomic E-state index is 11.8. The SMILES string of the molecule is NC(=O)CN(CC(=O)O)CC(=O)Nc1cccc(I)c1. The summed E-state index contributed by atoms with van der Waals surface area (Å²) in [5, 5.41) is 11.3. The van der Waals surface area contributed by atoms with E-state index in [9.17, 15) is 14.4 Å². The average Bonchev–Trinajstić information content (AvgIpc) is 2.26. The highest BCUT2D eigenvalue weighted by Crippen LogP contribution is 2.12. The van der Waals surface area contributed by atoms with Gasteiger partial charge in [-0.25, -0.2) is 0 Å². The van der Waals surface area contributed by atoms with Crippen LogP contribution in [0.15, 0.2) is 24.3 Å². The summed E-state index contributed by atoms with van der Waals surface area (Å²) < 4.78 is 0.958. The molecule has 0 bridgehead atoms. The number of nitrogens with one attached hydrogen (secondary N) is 1. The van der Waals surface area contributed by atoms with Crippen molar-refractivity contribution in [2.45, 2.75) is 0 Å². The minimum Gasteiger partial charge on any atom is -0.480 e. The minimum atomic E-state index is -1.13. The van der Waals surface area contributed by atoms with Crippen molar-refractivity contribution in [2.75, 3.05) is 25.0 Å². The van der Waals surface area contributed by atoms with E-state index in [1.54, 1.807) is 18.2 Å². The zero-order chi connectivity index (χ0) is 15.1. The number of benzene rings is 1. The Labute approximate surface area is 129 Å². The number of hydrogen-bond acceptors (Lipinski definition) is 4. The zero-order valence-corrected chi connectivity index (χ0v) is 12.7. The van der Waals surface area contributed by atoms with E-state index in [0.717, 1.165) is 8.47 Å². The van der Waals surface area contributed by atoms with Crippen molar-refractivity contribution in [3.05, 3.63) is 27.8 Å². The number of carboxylic acid groups (broad SMARTS) is 1. The van der Waals surface area contributed by atoms with Gasteiger partial charge in [-0.05, 0) is 40.8 Å². The first-order valence-corrected chi connectivity index (χ1v) is 6.72. The summed E-state index contributed by atoms with van der Waals surface area (Å²) in [5.74, 6) is -2.23. The predicted octanol–water partition coefficient (Wildman–Crippen LogP) is 0.102. The molecule has 0 unspecified atom stereocenters. The van der Waals surface area contributed by atoms with E-state index < -0.39 is 24.3 Å². The number of hydrogen-bond donors (Lipinski definition) is 3. The molecule has 20 heavy (non-hydrogen) atoms. The first-order valence-electron chi connectivity index (χ1n) is 5.64. The quantitative estimate of drug-likeness (QED) is 0.571. The molecule has 108 valence electrons. The van der Waals surface area contributed by atoms with Gasteiger partial charge in [0, 0.05) is 9.26 Å². The second-order valence-electron chi connectivity index (χ2n) is 4.06. The lowest BCUT2D eigenvalue weighted by molar-refractivity contribution is -0.138. The van der Waals surface area contributed by atoms with Gasteiger partial charge in [0.25, 0.3) is 0 Å². The molecule has 1 rings (SSSR count). The lowest BCUT2D eigenvalue weighted by Gasteiger charge is -2.17. The van der Waals surface area contributed by atoms with E-state index in [1.807, 2.05) is 6.07 Å². The van der Waals surface area contributed by atoms with Gasteiger partial charge in [-0.2, -0.15) is 0 Å². The summed E-state index contributed by atoms with van der Waals surface area (Å²) in [6, 6.07) is 7.15. The molecule has 1 aromatic rings. The van der Waals surface area contributed by atoms with E-state index in [0.29, 0.717) is 5.69 Å². The topological polar surface area (TPSA) is 113 Å². The third-order valence-corrected chi connectivity index (χ3v) is 2.88. The Hall–Kier alpha value is -1.68. The molecule has 0 heterocycles. The summed E-state index contributed by atoms with van der Waals surface area (Å²) in [6.07, 6.45) is 0. The Morgan fingerprint density at radius 1 is 1.25 bits per heavy atom. The van der Waals surface area contributed by atoms with Gasteiger partial charge in [-0.1, -0.05) is 6.07 Å². The average molecular weight is 391 g/mol. The van der Waals surface area contributed by atoms with E-state index in [1.165, 1.54) is 0 Å². The van der Waals surface area contributed by atoms with Crippen molar-refractivity contribution in [1.82, 2.24) is 4.90 Å². The molecule has 0 radical (unpaired) electrons. The highest BCUT2D eigenvalue weighted by Gasteiger charge is 2.16. The summed E-state index contributed by atoms with van der Waals surface area (Å²) in [7, 11) is 0. The van der Waals surface area contributed by atoms with Crippen LogP contribution in [0.1, 0.15) is 0 Å². The van der Waals surface area contributed by atoms with Crippen LogP contribution in [0, 0.1) is 3.57 Å². The molecule has 0 aromatic heterocycles. The van der Waals surface area contributed by atoms with Gasteiger partial charge in [0.05, 0.1) is 19.6 Å². The fourth-order valence-electron chi connectivity index (χ4n) is 1.55. The van der Waals surface area contributed by atoms with Crippen molar-refractivity contribution in [3.63, 3.8) is 0 Å². The summed E-state index contributed by atoms with van der Waals surface area (Å²) in [4.78, 5) is 34.4. The van der Waals surface area contributed by atoms with Crippen LogP contribution in [-0.2, 0) is 14.4 Å². The number of nitrogens with two attached hydrogens (primary N) is 1. The van der Waals surface area contributed by atoms with Gasteiger partial charge in [-0.3, -0.25) is 19.3 Å². The lowest BCUT2D eigenvalue weighted by atomic mass is 10.3. The summed E-state index contributed by atoms with van der Waals surface area (Å²) in [6.45, 7) is -0.935. The number of carbonyl (C=O) groups excluding carboxylic acids is 2. The molecular formula is C12H14IN3O4. The second-order valence-corrected chi connectivity index (χ2v) is 5.31. The Morgan fingerprint density at radius 2 is 1.95 bits per heavy atom. The van der Waals surface area contributed by atoms with Crippen LogP contribution in [0.3, 0.4) is 0 Å². The Morgan fingerprint density at radius 3 is 2.50 bits per heavy atom. The molecule has 8 heteroatoms. The van der Waals surface area contributed by atoms with Gasteiger partial charge in [0.2, 0.25) is 11.8 Å². The van der Waals surface area contributed by atoms with Crippen LogP contribution in [0.5, 0.6) is 0 Å². The van der Waals surface area contributed by atoms with Gasteiger partial charge in [0.15, 0.2) is 0 Å². The molecule has 0 aliphatic rings. The largest absolute Gasteiger partial charge is 0.480 e. The molecule has 2 amide bonds. The summed E-state index contributed by atoms with van der Waals surface area (Å²) >= 11 is 2.11. The predicted molar refractivity (Wildman–Crippen MR) is 81.1 cm³/mol. The van der Waals surface area contributed by atoms with Crippen LogP contribution in [0.25, 0.3) is 0 Å². The minimum absolute atomic E-state index is 0.222. The maximum Gasteiger partial charge on any atom is 0.317 e. The molecule has 0 spiro atoms. The van der Waals surface area contributed by atoms with Crippen molar-refractivity contribution in [1.29, 1.82) is 0 Å². The Bertz CT molecular complexity index is 505. The molecule has 4 N–H and O–H groups in total. The Balaban J connectivity index is 2.61. The summed E-state index contributed by atoms with van der Waals surface area (Å²) in [5.41, 5.74) is 5.62. The molecule has 0 aliphatic carbocycles. The number of anilines is 1. The van der Waals surface area contributed by atoms with Crippen molar-refractivity contribution in [2.24, 2.45) is 5.73 Å². The number of rotatable bonds is 7. The fraction of sp³-hybridized carbons (Fsp3) is 0.250. The number of amides is 2. The zero-order valence-electron chi connectivity index (χ0n) is 10.5. The number of nitrogens with zero attached hydrogens (tertiary/aromatic N) is 1. The van der Waals surface area contributed by atoms with Crippen molar-refractivity contribution in [3.8, 4) is 0 Å². The maximum atomic E-state index is 11.8. The van der Waals surface area contributed by atoms with Gasteiger partial charge >= 0.3 is 5.97 Å².